The number of carboxylic acid groups (broad SMARTS) is 1. The molecule has 2 rings (SSSR count). The lowest BCUT2D eigenvalue weighted by molar-refractivity contribution is 0.0702. The molecule has 19 heavy (non-hydrogen) atoms. The van der Waals surface area contributed by atoms with E-state index in [0.29, 0.717) is 5.00 Å². The molecule has 0 aliphatic rings. The lowest BCUT2D eigenvalue weighted by Gasteiger charge is -2.04. The molecule has 0 fully saturated rings. The Morgan fingerprint density at radius 2 is 2.00 bits per heavy atom. The minimum atomic E-state index is -1.08. The first-order chi connectivity index (χ1) is 8.99. The van der Waals surface area contributed by atoms with Crippen molar-refractivity contribution in [2.75, 3.05) is 5.32 Å². The van der Waals surface area contributed by atoms with Gasteiger partial charge in [-0.05, 0) is 24.3 Å². The van der Waals surface area contributed by atoms with E-state index in [-0.39, 0.29) is 15.5 Å². The maximum Gasteiger partial charge on any atom is 0.345 e. The molecule has 0 saturated carbocycles. The average molecular weight is 300 g/mol. The Balaban J connectivity index is 2.21. The van der Waals surface area contributed by atoms with Crippen LogP contribution in [0.1, 0.15) is 20.0 Å². The van der Waals surface area contributed by atoms with E-state index in [2.05, 4.69) is 5.32 Å². The number of hydrogen-bond acceptors (Lipinski definition) is 3. The van der Waals surface area contributed by atoms with Crippen molar-refractivity contribution in [3.8, 4) is 0 Å². The van der Waals surface area contributed by atoms with E-state index >= 15 is 0 Å². The Morgan fingerprint density at radius 1 is 1.26 bits per heavy atom. The molecule has 1 aromatic heterocycles. The van der Waals surface area contributed by atoms with Gasteiger partial charge in [-0.2, -0.15) is 0 Å². The molecule has 1 amide bonds. The van der Waals surface area contributed by atoms with E-state index in [4.69, 9.17) is 16.7 Å². The number of anilines is 1. The maximum absolute atomic E-state index is 13.6. The molecule has 0 spiro atoms. The first-order valence-corrected chi connectivity index (χ1v) is 6.27. The number of rotatable bonds is 3. The predicted octanol–water partition coefficient (Wildman–Crippen LogP) is 3.49. The molecule has 0 saturated heterocycles. The summed E-state index contributed by atoms with van der Waals surface area (Å²) >= 11 is 6.46. The fourth-order valence-corrected chi connectivity index (χ4v) is 2.29. The highest BCUT2D eigenvalue weighted by molar-refractivity contribution is 7.18. The van der Waals surface area contributed by atoms with Crippen LogP contribution < -0.4 is 5.32 Å². The van der Waals surface area contributed by atoms with Crippen molar-refractivity contribution in [1.82, 2.24) is 0 Å². The van der Waals surface area contributed by atoms with Crippen LogP contribution in [-0.4, -0.2) is 17.0 Å². The molecule has 1 heterocycles. The smallest absolute Gasteiger partial charge is 0.345 e. The second-order valence-corrected chi connectivity index (χ2v) is 5.02. The number of halogens is 2. The number of thiophene rings is 1. The second kappa shape index (κ2) is 5.38. The van der Waals surface area contributed by atoms with Gasteiger partial charge in [-0.15, -0.1) is 11.3 Å². The van der Waals surface area contributed by atoms with Crippen LogP contribution in [0.5, 0.6) is 0 Å². The number of benzene rings is 1. The average Bonchev–Trinajstić information content (AvgIpc) is 2.81. The van der Waals surface area contributed by atoms with Crippen molar-refractivity contribution in [3.05, 3.63) is 51.6 Å². The molecule has 1 aromatic carbocycles. The first kappa shape index (κ1) is 13.5. The van der Waals surface area contributed by atoms with Crippen molar-refractivity contribution < 1.29 is 19.1 Å². The van der Waals surface area contributed by atoms with Crippen molar-refractivity contribution in [2.45, 2.75) is 0 Å². The summed E-state index contributed by atoms with van der Waals surface area (Å²) in [5.74, 6) is -2.57. The molecule has 0 bridgehead atoms. The Morgan fingerprint density at radius 3 is 2.63 bits per heavy atom. The van der Waals surface area contributed by atoms with Crippen LogP contribution >= 0.6 is 22.9 Å². The summed E-state index contributed by atoms with van der Waals surface area (Å²) in [6.07, 6.45) is 0. The topological polar surface area (TPSA) is 66.4 Å². The number of hydrogen-bond donors (Lipinski definition) is 2. The van der Waals surface area contributed by atoms with Gasteiger partial charge < -0.3 is 10.4 Å². The number of carboxylic acids is 1. The standard InChI is InChI=1S/C12H7ClFNO3S/c13-7-3-1-2-6(10(7)14)11(16)15-9-5-4-8(19-9)12(17)18/h1-5H,(H,15,16)(H,17,18). The third-order valence-corrected chi connectivity index (χ3v) is 3.53. The second-order valence-electron chi connectivity index (χ2n) is 3.52. The molecule has 4 nitrogen and oxygen atoms in total. The summed E-state index contributed by atoms with van der Waals surface area (Å²) in [4.78, 5) is 22.6. The quantitative estimate of drug-likeness (QED) is 0.911. The van der Waals surface area contributed by atoms with E-state index in [1.807, 2.05) is 0 Å². The third kappa shape index (κ3) is 2.91. The summed E-state index contributed by atoms with van der Waals surface area (Å²) in [5, 5.41) is 11.3. The van der Waals surface area contributed by atoms with Crippen LogP contribution in [0.4, 0.5) is 9.39 Å². The van der Waals surface area contributed by atoms with Gasteiger partial charge in [-0.25, -0.2) is 9.18 Å². The van der Waals surface area contributed by atoms with E-state index in [1.54, 1.807) is 0 Å². The predicted molar refractivity (Wildman–Crippen MR) is 70.6 cm³/mol. The van der Waals surface area contributed by atoms with Crippen LogP contribution in [0.25, 0.3) is 0 Å². The summed E-state index contributed by atoms with van der Waals surface area (Å²) in [5.41, 5.74) is -0.197. The summed E-state index contributed by atoms with van der Waals surface area (Å²) < 4.78 is 13.6. The molecule has 0 radical (unpaired) electrons. The number of amides is 1. The molecule has 0 unspecified atom stereocenters. The molecule has 2 N–H and O–H groups in total. The molecule has 0 atom stereocenters. The third-order valence-electron chi connectivity index (χ3n) is 2.25. The Kier molecular flexibility index (Phi) is 3.82. The van der Waals surface area contributed by atoms with Crippen LogP contribution in [0.3, 0.4) is 0 Å². The number of carbonyl (C=O) groups excluding carboxylic acids is 1. The van der Waals surface area contributed by atoms with Crippen LogP contribution in [0.2, 0.25) is 5.02 Å². The highest BCUT2D eigenvalue weighted by atomic mass is 35.5. The van der Waals surface area contributed by atoms with Gasteiger partial charge in [0.05, 0.1) is 15.6 Å². The van der Waals surface area contributed by atoms with E-state index in [0.717, 1.165) is 11.3 Å². The zero-order valence-corrected chi connectivity index (χ0v) is 10.9. The van der Waals surface area contributed by atoms with Gasteiger partial charge in [0.25, 0.3) is 5.91 Å². The monoisotopic (exact) mass is 299 g/mol. The van der Waals surface area contributed by atoms with E-state index in [9.17, 15) is 14.0 Å². The maximum atomic E-state index is 13.6. The highest BCUT2D eigenvalue weighted by Crippen LogP contribution is 2.24. The van der Waals surface area contributed by atoms with Gasteiger partial charge in [-0.3, -0.25) is 4.79 Å². The molecular formula is C12H7ClFNO3S. The van der Waals surface area contributed by atoms with Crippen LogP contribution in [0.15, 0.2) is 30.3 Å². The van der Waals surface area contributed by atoms with Crippen LogP contribution in [-0.2, 0) is 0 Å². The van der Waals surface area contributed by atoms with E-state index < -0.39 is 17.7 Å². The molecule has 98 valence electrons. The molecule has 7 heteroatoms. The Bertz CT molecular complexity index is 656. The Hall–Kier alpha value is -1.92. The van der Waals surface area contributed by atoms with Gasteiger partial charge in [0, 0.05) is 0 Å². The lowest BCUT2D eigenvalue weighted by Crippen LogP contribution is -2.13. The first-order valence-electron chi connectivity index (χ1n) is 5.07. The number of nitrogens with one attached hydrogen (secondary N) is 1. The van der Waals surface area contributed by atoms with Crippen molar-refractivity contribution in [2.24, 2.45) is 0 Å². The Labute approximate surface area is 116 Å². The van der Waals surface area contributed by atoms with Crippen molar-refractivity contribution in [1.29, 1.82) is 0 Å². The van der Waals surface area contributed by atoms with Gasteiger partial charge in [0.1, 0.15) is 4.88 Å². The fraction of sp³-hybridized carbons (Fsp3) is 0. The lowest BCUT2D eigenvalue weighted by atomic mass is 10.2. The van der Waals surface area contributed by atoms with Gasteiger partial charge >= 0.3 is 5.97 Å². The van der Waals surface area contributed by atoms with Crippen molar-refractivity contribution >= 4 is 39.8 Å². The van der Waals surface area contributed by atoms with E-state index in [1.165, 1.54) is 30.3 Å². The fourth-order valence-electron chi connectivity index (χ4n) is 1.38. The van der Waals surface area contributed by atoms with Gasteiger partial charge in [0.2, 0.25) is 0 Å². The molecule has 2 aromatic rings. The largest absolute Gasteiger partial charge is 0.477 e. The molecular weight excluding hydrogens is 293 g/mol. The van der Waals surface area contributed by atoms with Gasteiger partial charge in [0.15, 0.2) is 5.82 Å². The minimum absolute atomic E-state index is 0.0851. The van der Waals surface area contributed by atoms with Gasteiger partial charge in [-0.1, -0.05) is 17.7 Å². The minimum Gasteiger partial charge on any atom is -0.477 e. The SMILES string of the molecule is O=C(O)c1ccc(NC(=O)c2cccc(Cl)c2F)s1. The van der Waals surface area contributed by atoms with Crippen LogP contribution in [0, 0.1) is 5.82 Å². The number of aromatic carboxylic acids is 1. The summed E-state index contributed by atoms with van der Waals surface area (Å²) in [6, 6.07) is 6.88. The number of carbonyl (C=O) groups is 2. The molecule has 0 aliphatic heterocycles. The molecule has 0 aliphatic carbocycles. The van der Waals surface area contributed by atoms with Crippen molar-refractivity contribution in [3.63, 3.8) is 0 Å². The highest BCUT2D eigenvalue weighted by Gasteiger charge is 2.15. The zero-order chi connectivity index (χ0) is 14.0. The normalized spacial score (nSPS) is 10.2. The summed E-state index contributed by atoms with van der Waals surface area (Å²) in [6.45, 7) is 0. The zero-order valence-electron chi connectivity index (χ0n) is 9.31. The summed E-state index contributed by atoms with van der Waals surface area (Å²) in [7, 11) is 0.